The summed E-state index contributed by atoms with van der Waals surface area (Å²) in [5.74, 6) is 0.301. The highest BCUT2D eigenvalue weighted by Gasteiger charge is 2.15. The Balaban J connectivity index is 1.60. The third-order valence-corrected chi connectivity index (χ3v) is 7.23. The molecule has 0 atom stereocenters. The fraction of sp³-hybridized carbons (Fsp3) is 0.269. The number of likely N-dealkylation sites (N-methyl/N-ethyl adjacent to an activating group) is 1. The van der Waals surface area contributed by atoms with E-state index >= 15 is 0 Å². The van der Waals surface area contributed by atoms with Gasteiger partial charge in [-0.15, -0.1) is 10.2 Å². The Bertz CT molecular complexity index is 1460. The molecule has 0 spiro atoms. The van der Waals surface area contributed by atoms with Crippen LogP contribution in [0.25, 0.3) is 22.2 Å². The standard InChI is InChI=1S/C26H30N6O2S/c1-17-8-6-9-18(2)24(17)20-14-19(3)25-23(15-20)30-31-26(29-25)28-21-10-7-11-22(16-21)35(33,34)27-12-13-32(4)5/h6-11,14-16,27H,12-13H2,1-5H3,(H,28,29,31). The summed E-state index contributed by atoms with van der Waals surface area (Å²) in [6, 6.07) is 16.9. The van der Waals surface area contributed by atoms with E-state index in [4.69, 9.17) is 0 Å². The number of hydrogen-bond acceptors (Lipinski definition) is 7. The molecule has 2 N–H and O–H groups in total. The van der Waals surface area contributed by atoms with Gasteiger partial charge in [-0.05, 0) is 93.0 Å². The SMILES string of the molecule is Cc1cccc(C)c1-c1cc(C)c2nc(Nc3cccc(S(=O)(=O)NCCN(C)C)c3)nnc2c1. The van der Waals surface area contributed by atoms with E-state index in [1.807, 2.05) is 32.0 Å². The highest BCUT2D eigenvalue weighted by atomic mass is 32.2. The molecule has 0 amide bonds. The molecule has 0 aliphatic carbocycles. The summed E-state index contributed by atoms with van der Waals surface area (Å²) in [7, 11) is 0.160. The summed E-state index contributed by atoms with van der Waals surface area (Å²) in [6.45, 7) is 7.15. The van der Waals surface area contributed by atoms with Crippen molar-refractivity contribution in [1.82, 2.24) is 24.8 Å². The number of sulfonamides is 1. The first-order chi connectivity index (χ1) is 16.6. The van der Waals surface area contributed by atoms with Gasteiger partial charge in [-0.3, -0.25) is 0 Å². The lowest BCUT2D eigenvalue weighted by Gasteiger charge is -2.13. The van der Waals surface area contributed by atoms with Crippen LogP contribution in [0.5, 0.6) is 0 Å². The molecular formula is C26H30N6O2S. The van der Waals surface area contributed by atoms with Gasteiger partial charge in [0.15, 0.2) is 0 Å². The van der Waals surface area contributed by atoms with Crippen LogP contribution in [0.1, 0.15) is 16.7 Å². The molecule has 8 nitrogen and oxygen atoms in total. The minimum atomic E-state index is -3.62. The van der Waals surface area contributed by atoms with E-state index < -0.39 is 10.0 Å². The number of aryl methyl sites for hydroxylation is 3. The Hall–Kier alpha value is -3.40. The van der Waals surface area contributed by atoms with Crippen LogP contribution < -0.4 is 10.0 Å². The first kappa shape index (κ1) is 24.7. The maximum Gasteiger partial charge on any atom is 0.247 e. The molecule has 0 saturated heterocycles. The zero-order valence-electron chi connectivity index (χ0n) is 20.6. The van der Waals surface area contributed by atoms with Gasteiger partial charge in [0.1, 0.15) is 5.52 Å². The number of nitrogens with one attached hydrogen (secondary N) is 2. The molecule has 0 saturated carbocycles. The van der Waals surface area contributed by atoms with Crippen LogP contribution in [0.2, 0.25) is 0 Å². The molecule has 1 heterocycles. The van der Waals surface area contributed by atoms with E-state index in [9.17, 15) is 8.42 Å². The van der Waals surface area contributed by atoms with Crippen molar-refractivity contribution in [1.29, 1.82) is 0 Å². The van der Waals surface area contributed by atoms with Gasteiger partial charge in [0.25, 0.3) is 0 Å². The number of anilines is 2. The number of rotatable bonds is 8. The van der Waals surface area contributed by atoms with E-state index in [1.165, 1.54) is 16.7 Å². The van der Waals surface area contributed by atoms with Crippen LogP contribution >= 0.6 is 0 Å². The lowest BCUT2D eigenvalue weighted by atomic mass is 9.94. The van der Waals surface area contributed by atoms with Gasteiger partial charge in [0.05, 0.1) is 10.4 Å². The number of hydrogen-bond donors (Lipinski definition) is 2. The first-order valence-corrected chi connectivity index (χ1v) is 12.9. The van der Waals surface area contributed by atoms with Crippen molar-refractivity contribution in [3.63, 3.8) is 0 Å². The quantitative estimate of drug-likeness (QED) is 0.382. The van der Waals surface area contributed by atoms with Crippen LogP contribution in [0, 0.1) is 20.8 Å². The summed E-state index contributed by atoms with van der Waals surface area (Å²) in [4.78, 5) is 6.74. The fourth-order valence-corrected chi connectivity index (χ4v) is 5.10. The largest absolute Gasteiger partial charge is 0.323 e. The third kappa shape index (κ3) is 5.64. The molecule has 3 aromatic carbocycles. The Labute approximate surface area is 206 Å². The van der Waals surface area contributed by atoms with Gasteiger partial charge in [-0.2, -0.15) is 0 Å². The average molecular weight is 491 g/mol. The smallest absolute Gasteiger partial charge is 0.247 e. The summed E-state index contributed by atoms with van der Waals surface area (Å²) in [5.41, 5.74) is 7.68. The van der Waals surface area contributed by atoms with Crippen molar-refractivity contribution in [2.45, 2.75) is 25.7 Å². The lowest BCUT2D eigenvalue weighted by Crippen LogP contribution is -2.31. The zero-order valence-corrected chi connectivity index (χ0v) is 21.4. The van der Waals surface area contributed by atoms with Crippen molar-refractivity contribution in [3.05, 3.63) is 71.3 Å². The summed E-state index contributed by atoms with van der Waals surface area (Å²) in [5, 5.41) is 11.7. The molecule has 182 valence electrons. The molecule has 0 aliphatic rings. The maximum absolute atomic E-state index is 12.6. The molecule has 9 heteroatoms. The first-order valence-electron chi connectivity index (χ1n) is 11.4. The van der Waals surface area contributed by atoms with Crippen molar-refractivity contribution in [3.8, 4) is 11.1 Å². The van der Waals surface area contributed by atoms with Gasteiger partial charge in [-0.25, -0.2) is 18.1 Å². The van der Waals surface area contributed by atoms with E-state index in [2.05, 4.69) is 63.3 Å². The van der Waals surface area contributed by atoms with Crippen molar-refractivity contribution < 1.29 is 8.42 Å². The van der Waals surface area contributed by atoms with Gasteiger partial charge in [0.2, 0.25) is 16.0 Å². The molecule has 0 aliphatic heterocycles. The van der Waals surface area contributed by atoms with E-state index in [0.717, 1.165) is 16.6 Å². The van der Waals surface area contributed by atoms with E-state index in [-0.39, 0.29) is 4.90 Å². The lowest BCUT2D eigenvalue weighted by molar-refractivity contribution is 0.412. The normalized spacial score (nSPS) is 11.8. The molecule has 0 radical (unpaired) electrons. The Morgan fingerprint density at radius 1 is 0.886 bits per heavy atom. The van der Waals surface area contributed by atoms with Crippen LogP contribution in [0.15, 0.2) is 59.5 Å². The van der Waals surface area contributed by atoms with E-state index in [1.54, 1.807) is 24.3 Å². The number of fused-ring (bicyclic) bond motifs is 1. The second kappa shape index (κ2) is 10.1. The highest BCUT2D eigenvalue weighted by molar-refractivity contribution is 7.89. The van der Waals surface area contributed by atoms with Crippen LogP contribution in [-0.4, -0.2) is 55.7 Å². The van der Waals surface area contributed by atoms with Crippen LogP contribution in [0.3, 0.4) is 0 Å². The maximum atomic E-state index is 12.6. The Kier molecular flexibility index (Phi) is 7.11. The van der Waals surface area contributed by atoms with Gasteiger partial charge in [0, 0.05) is 18.8 Å². The molecule has 0 unspecified atom stereocenters. The Morgan fingerprint density at radius 3 is 2.31 bits per heavy atom. The molecular weight excluding hydrogens is 460 g/mol. The van der Waals surface area contributed by atoms with Crippen molar-refractivity contribution in [2.75, 3.05) is 32.5 Å². The number of nitrogens with zero attached hydrogens (tertiary/aromatic N) is 4. The molecule has 4 aromatic rings. The summed E-state index contributed by atoms with van der Waals surface area (Å²) < 4.78 is 27.9. The predicted molar refractivity (Wildman–Crippen MR) is 140 cm³/mol. The summed E-state index contributed by atoms with van der Waals surface area (Å²) in [6.07, 6.45) is 0. The average Bonchev–Trinajstić information content (AvgIpc) is 2.79. The van der Waals surface area contributed by atoms with E-state index in [0.29, 0.717) is 30.2 Å². The summed E-state index contributed by atoms with van der Waals surface area (Å²) >= 11 is 0. The third-order valence-electron chi connectivity index (χ3n) is 5.77. The topological polar surface area (TPSA) is 100 Å². The fourth-order valence-electron chi connectivity index (χ4n) is 4.04. The number of aromatic nitrogens is 3. The minimum Gasteiger partial charge on any atom is -0.323 e. The molecule has 4 rings (SSSR count). The molecule has 0 fully saturated rings. The molecule has 0 bridgehead atoms. The van der Waals surface area contributed by atoms with Crippen LogP contribution in [-0.2, 0) is 10.0 Å². The van der Waals surface area contributed by atoms with Gasteiger partial charge >= 0.3 is 0 Å². The van der Waals surface area contributed by atoms with Crippen LogP contribution in [0.4, 0.5) is 11.6 Å². The van der Waals surface area contributed by atoms with Crippen molar-refractivity contribution >= 4 is 32.7 Å². The minimum absolute atomic E-state index is 0.171. The van der Waals surface area contributed by atoms with Gasteiger partial charge < -0.3 is 10.2 Å². The van der Waals surface area contributed by atoms with Gasteiger partial charge in [-0.1, -0.05) is 24.3 Å². The van der Waals surface area contributed by atoms with Crippen molar-refractivity contribution in [2.24, 2.45) is 0 Å². The monoisotopic (exact) mass is 490 g/mol. The predicted octanol–water partition coefficient (Wildman–Crippen LogP) is 4.20. The molecule has 35 heavy (non-hydrogen) atoms. The highest BCUT2D eigenvalue weighted by Crippen LogP contribution is 2.31. The zero-order chi connectivity index (χ0) is 25.2. The molecule has 1 aromatic heterocycles. The second-order valence-corrected chi connectivity index (χ2v) is 10.7. The Morgan fingerprint density at radius 2 is 1.60 bits per heavy atom. The second-order valence-electron chi connectivity index (χ2n) is 8.92. The number of benzene rings is 3.